The van der Waals surface area contributed by atoms with Crippen LogP contribution in [0.4, 0.5) is 0 Å². The number of benzene rings is 2. The van der Waals surface area contributed by atoms with Crippen LogP contribution < -0.4 is 4.74 Å². The summed E-state index contributed by atoms with van der Waals surface area (Å²) in [6.45, 7) is 0.354. The summed E-state index contributed by atoms with van der Waals surface area (Å²) in [6.07, 6.45) is 0. The number of ketones is 1. The van der Waals surface area contributed by atoms with Gasteiger partial charge >= 0.3 is 0 Å². The fraction of sp³-hybridized carbons (Fsp3) is 0.200. The zero-order chi connectivity index (χ0) is 18.7. The van der Waals surface area contributed by atoms with Crippen molar-refractivity contribution in [2.24, 2.45) is 0 Å². The molecule has 1 N–H and O–H groups in total. The molecule has 0 aliphatic carbocycles. The molecule has 6 heteroatoms. The Morgan fingerprint density at radius 2 is 1.77 bits per heavy atom. The molecule has 1 atom stereocenters. The van der Waals surface area contributed by atoms with Gasteiger partial charge in [0.25, 0.3) is 11.7 Å². The number of carbonyl (C=O) groups excluding carboxylic acids is 2. The van der Waals surface area contributed by atoms with Crippen LogP contribution in [0.2, 0.25) is 0 Å². The second-order valence-corrected chi connectivity index (χ2v) is 6.61. The van der Waals surface area contributed by atoms with E-state index in [1.54, 1.807) is 55.6 Å². The molecule has 0 unspecified atom stereocenters. The second kappa shape index (κ2) is 7.74. The van der Waals surface area contributed by atoms with E-state index in [2.05, 4.69) is 15.9 Å². The lowest BCUT2D eigenvalue weighted by molar-refractivity contribution is -0.139. The van der Waals surface area contributed by atoms with Gasteiger partial charge in [-0.25, -0.2) is 0 Å². The topological polar surface area (TPSA) is 66.8 Å². The standard InChI is InChI=1S/C20H18BrNO4/c1-26-15-9-7-13(8-10-15)17-16(18(23)14-5-3-2-4-6-14)19(24)20(25)22(17)12-11-21/h2-10,17,23H,11-12H2,1H3/t17-/m1/s1. The van der Waals surface area contributed by atoms with E-state index in [0.29, 0.717) is 23.2 Å². The van der Waals surface area contributed by atoms with Crippen LogP contribution >= 0.6 is 15.9 Å². The third-order valence-corrected chi connectivity index (χ3v) is 4.70. The number of rotatable bonds is 5. The van der Waals surface area contributed by atoms with E-state index in [-0.39, 0.29) is 11.3 Å². The Morgan fingerprint density at radius 1 is 1.12 bits per heavy atom. The Labute approximate surface area is 160 Å². The van der Waals surface area contributed by atoms with Crippen molar-refractivity contribution in [2.45, 2.75) is 6.04 Å². The Morgan fingerprint density at radius 3 is 2.35 bits per heavy atom. The molecule has 0 bridgehead atoms. The Hall–Kier alpha value is -2.60. The highest BCUT2D eigenvalue weighted by molar-refractivity contribution is 9.09. The van der Waals surface area contributed by atoms with Gasteiger partial charge in [0.15, 0.2) is 0 Å². The highest BCUT2D eigenvalue weighted by Gasteiger charge is 2.45. The summed E-state index contributed by atoms with van der Waals surface area (Å²) in [5, 5.41) is 11.3. The predicted molar refractivity (Wildman–Crippen MR) is 102 cm³/mol. The van der Waals surface area contributed by atoms with Crippen molar-refractivity contribution < 1.29 is 19.4 Å². The largest absolute Gasteiger partial charge is 0.507 e. The van der Waals surface area contributed by atoms with Crippen molar-refractivity contribution in [2.75, 3.05) is 19.0 Å². The van der Waals surface area contributed by atoms with Crippen LogP contribution in [0.5, 0.6) is 5.75 Å². The Bertz CT molecular complexity index is 846. The second-order valence-electron chi connectivity index (χ2n) is 5.82. The third-order valence-electron chi connectivity index (χ3n) is 4.34. The summed E-state index contributed by atoms with van der Waals surface area (Å²) in [7, 11) is 1.57. The average molecular weight is 416 g/mol. The van der Waals surface area contributed by atoms with Crippen LogP contribution in [0, 0.1) is 0 Å². The fourth-order valence-corrected chi connectivity index (χ4v) is 3.47. The van der Waals surface area contributed by atoms with E-state index in [4.69, 9.17) is 4.74 Å². The molecule has 2 aromatic rings. The SMILES string of the molecule is COc1ccc([C@@H]2C(=C(O)c3ccccc3)C(=O)C(=O)N2CCBr)cc1. The van der Waals surface area contributed by atoms with Crippen LogP contribution in [0.25, 0.3) is 5.76 Å². The quantitative estimate of drug-likeness (QED) is 0.351. The van der Waals surface area contributed by atoms with E-state index in [0.717, 1.165) is 5.56 Å². The molecule has 1 aliphatic rings. The lowest BCUT2D eigenvalue weighted by Gasteiger charge is -2.24. The van der Waals surface area contributed by atoms with E-state index >= 15 is 0 Å². The number of carbonyl (C=O) groups is 2. The number of aliphatic hydroxyl groups excluding tert-OH is 1. The molecule has 2 aromatic carbocycles. The first-order valence-electron chi connectivity index (χ1n) is 8.12. The van der Waals surface area contributed by atoms with E-state index in [9.17, 15) is 14.7 Å². The molecular weight excluding hydrogens is 398 g/mol. The maximum Gasteiger partial charge on any atom is 0.295 e. The summed E-state index contributed by atoms with van der Waals surface area (Å²) in [6, 6.07) is 15.3. The Kier molecular flexibility index (Phi) is 5.42. The van der Waals surface area contributed by atoms with Crippen LogP contribution in [0.15, 0.2) is 60.2 Å². The number of hydrogen-bond donors (Lipinski definition) is 1. The van der Waals surface area contributed by atoms with Crippen molar-refractivity contribution in [3.63, 3.8) is 0 Å². The van der Waals surface area contributed by atoms with Gasteiger partial charge in [-0.1, -0.05) is 58.4 Å². The van der Waals surface area contributed by atoms with Gasteiger partial charge in [-0.05, 0) is 17.7 Å². The van der Waals surface area contributed by atoms with Gasteiger partial charge in [-0.15, -0.1) is 0 Å². The number of hydrogen-bond acceptors (Lipinski definition) is 4. The highest BCUT2D eigenvalue weighted by Crippen LogP contribution is 2.39. The zero-order valence-corrected chi connectivity index (χ0v) is 15.8. The van der Waals surface area contributed by atoms with Gasteiger partial charge in [0.2, 0.25) is 0 Å². The molecule has 1 fully saturated rings. The number of alkyl halides is 1. The van der Waals surface area contributed by atoms with Crippen LogP contribution in [-0.4, -0.2) is 40.7 Å². The molecule has 1 aliphatic heterocycles. The van der Waals surface area contributed by atoms with Gasteiger partial charge in [-0.2, -0.15) is 0 Å². The molecule has 0 radical (unpaired) electrons. The fourth-order valence-electron chi connectivity index (χ4n) is 3.09. The molecule has 5 nitrogen and oxygen atoms in total. The summed E-state index contributed by atoms with van der Waals surface area (Å²) in [5.74, 6) is -0.771. The zero-order valence-electron chi connectivity index (χ0n) is 14.2. The molecule has 1 amide bonds. The summed E-state index contributed by atoms with van der Waals surface area (Å²) >= 11 is 3.33. The first-order chi connectivity index (χ1) is 12.6. The molecule has 0 aromatic heterocycles. The normalized spacial score (nSPS) is 19.0. The Balaban J connectivity index is 2.15. The van der Waals surface area contributed by atoms with Crippen LogP contribution in [0.3, 0.4) is 0 Å². The molecule has 3 rings (SSSR count). The molecule has 26 heavy (non-hydrogen) atoms. The van der Waals surface area contributed by atoms with Crippen LogP contribution in [0.1, 0.15) is 17.2 Å². The predicted octanol–water partition coefficient (Wildman–Crippen LogP) is 3.51. The number of methoxy groups -OCH3 is 1. The van der Waals surface area contributed by atoms with Crippen molar-refractivity contribution in [1.29, 1.82) is 0 Å². The minimum atomic E-state index is -0.673. The van der Waals surface area contributed by atoms with Gasteiger partial charge in [0.1, 0.15) is 11.5 Å². The highest BCUT2D eigenvalue weighted by atomic mass is 79.9. The van der Waals surface area contributed by atoms with E-state index < -0.39 is 17.7 Å². The van der Waals surface area contributed by atoms with Gasteiger partial charge in [-0.3, -0.25) is 9.59 Å². The molecular formula is C20H18BrNO4. The number of halogens is 1. The lowest BCUT2D eigenvalue weighted by atomic mass is 9.95. The minimum absolute atomic E-state index is 0.104. The third kappa shape index (κ3) is 3.24. The van der Waals surface area contributed by atoms with Gasteiger partial charge in [0, 0.05) is 17.4 Å². The van der Waals surface area contributed by atoms with Gasteiger partial charge in [0.05, 0.1) is 18.7 Å². The molecule has 1 saturated heterocycles. The van der Waals surface area contributed by atoms with E-state index in [1.807, 2.05) is 6.07 Å². The number of ether oxygens (including phenoxy) is 1. The summed E-state index contributed by atoms with van der Waals surface area (Å²) in [4.78, 5) is 26.7. The van der Waals surface area contributed by atoms with Crippen molar-refractivity contribution in [3.8, 4) is 5.75 Å². The number of nitrogens with zero attached hydrogens (tertiary/aromatic N) is 1. The number of likely N-dealkylation sites (tertiary alicyclic amines) is 1. The molecule has 0 saturated carbocycles. The number of Topliss-reactive ketones (excluding diaryl/α,β-unsaturated/α-hetero) is 1. The minimum Gasteiger partial charge on any atom is -0.507 e. The summed E-state index contributed by atoms with van der Waals surface area (Å²) in [5.41, 5.74) is 1.35. The van der Waals surface area contributed by atoms with Crippen molar-refractivity contribution in [1.82, 2.24) is 4.90 Å². The molecule has 134 valence electrons. The van der Waals surface area contributed by atoms with E-state index in [1.165, 1.54) is 4.90 Å². The summed E-state index contributed by atoms with van der Waals surface area (Å²) < 4.78 is 5.18. The van der Waals surface area contributed by atoms with Crippen LogP contribution in [-0.2, 0) is 9.59 Å². The maximum absolute atomic E-state index is 12.7. The average Bonchev–Trinajstić information content (AvgIpc) is 2.93. The number of amides is 1. The lowest BCUT2D eigenvalue weighted by Crippen LogP contribution is -2.31. The molecule has 0 spiro atoms. The van der Waals surface area contributed by atoms with Crippen molar-refractivity contribution >= 4 is 33.4 Å². The maximum atomic E-state index is 12.7. The molecule has 1 heterocycles. The number of aliphatic hydroxyl groups is 1. The first-order valence-corrected chi connectivity index (χ1v) is 9.24. The smallest absolute Gasteiger partial charge is 0.295 e. The monoisotopic (exact) mass is 415 g/mol. The van der Waals surface area contributed by atoms with Gasteiger partial charge < -0.3 is 14.7 Å². The first kappa shape index (κ1) is 18.2. The van der Waals surface area contributed by atoms with Crippen molar-refractivity contribution in [3.05, 3.63) is 71.3 Å².